The van der Waals surface area contributed by atoms with Gasteiger partial charge in [-0.15, -0.1) is 0 Å². The molecule has 0 aliphatic heterocycles. The molecule has 0 spiro atoms. The van der Waals surface area contributed by atoms with Crippen LogP contribution in [0, 0.1) is 23.2 Å². The highest BCUT2D eigenvalue weighted by Crippen LogP contribution is 2.47. The van der Waals surface area contributed by atoms with E-state index in [1.165, 1.54) is 77.0 Å². The van der Waals surface area contributed by atoms with E-state index in [-0.39, 0.29) is 0 Å². The van der Waals surface area contributed by atoms with Crippen LogP contribution >= 0.6 is 0 Å². The van der Waals surface area contributed by atoms with Crippen LogP contribution in [0.3, 0.4) is 0 Å². The molecule has 0 aromatic rings. The van der Waals surface area contributed by atoms with Crippen molar-refractivity contribution in [2.45, 2.75) is 136 Å². The van der Waals surface area contributed by atoms with E-state index in [9.17, 15) is 0 Å². The minimum absolute atomic E-state index is 0.695. The van der Waals surface area contributed by atoms with Gasteiger partial charge in [0.05, 0.1) is 0 Å². The van der Waals surface area contributed by atoms with Gasteiger partial charge in [0.2, 0.25) is 0 Å². The molecule has 0 bridgehead atoms. The summed E-state index contributed by atoms with van der Waals surface area (Å²) in [5, 5.41) is 0. The van der Waals surface area contributed by atoms with Crippen LogP contribution in [0.1, 0.15) is 136 Å². The average Bonchev–Trinajstić information content (AvgIpc) is 2.64. The van der Waals surface area contributed by atoms with Crippen molar-refractivity contribution in [3.63, 3.8) is 0 Å². The number of unbranched alkanes of at least 4 members (excludes halogenated alkanes) is 6. The van der Waals surface area contributed by atoms with E-state index < -0.39 is 0 Å². The van der Waals surface area contributed by atoms with Gasteiger partial charge < -0.3 is 0 Å². The van der Waals surface area contributed by atoms with E-state index in [0.29, 0.717) is 5.41 Å². The van der Waals surface area contributed by atoms with Crippen molar-refractivity contribution in [3.8, 4) is 0 Å². The molecule has 2 aliphatic carbocycles. The van der Waals surface area contributed by atoms with Crippen molar-refractivity contribution in [2.24, 2.45) is 23.2 Å². The Kier molecular flexibility index (Phi) is 9.93. The predicted octanol–water partition coefficient (Wildman–Crippen LogP) is 8.93. The molecule has 0 atom stereocenters. The zero-order valence-electron chi connectivity index (χ0n) is 18.0. The van der Waals surface area contributed by atoms with Crippen LogP contribution in [-0.2, 0) is 0 Å². The molecule has 0 heterocycles. The van der Waals surface area contributed by atoms with Gasteiger partial charge in [-0.3, -0.25) is 0 Å². The normalized spacial score (nSPS) is 33.5. The molecule has 0 aromatic heterocycles. The number of rotatable bonds is 11. The Morgan fingerprint density at radius 3 is 1.80 bits per heavy atom. The maximum absolute atomic E-state index is 2.60. The highest BCUT2D eigenvalue weighted by Gasteiger charge is 2.35. The molecule has 0 saturated heterocycles. The van der Waals surface area contributed by atoms with Crippen molar-refractivity contribution in [2.75, 3.05) is 0 Å². The molecule has 25 heavy (non-hydrogen) atoms. The van der Waals surface area contributed by atoms with Crippen molar-refractivity contribution in [1.29, 1.82) is 0 Å². The molecule has 0 amide bonds. The lowest BCUT2D eigenvalue weighted by atomic mass is 9.63. The van der Waals surface area contributed by atoms with E-state index in [2.05, 4.69) is 20.8 Å². The molecule has 0 radical (unpaired) electrons. The second-order valence-corrected chi connectivity index (χ2v) is 10.1. The first kappa shape index (κ1) is 21.3. The SMILES string of the molecule is CCCCCCC1CCC([C@H]2CC[C@](C)(CCCCCC)CC2)CC1. The Labute approximate surface area is 159 Å². The minimum Gasteiger partial charge on any atom is -0.0654 e. The second kappa shape index (κ2) is 11.7. The molecular weight excluding hydrogens is 300 g/mol. The average molecular weight is 349 g/mol. The summed E-state index contributed by atoms with van der Waals surface area (Å²) < 4.78 is 0. The maximum atomic E-state index is 2.60. The number of hydrogen-bond acceptors (Lipinski definition) is 0. The summed E-state index contributed by atoms with van der Waals surface area (Å²) in [6.07, 6.45) is 27.0. The Morgan fingerprint density at radius 2 is 1.20 bits per heavy atom. The Balaban J connectivity index is 1.60. The largest absolute Gasteiger partial charge is 0.0654 e. The minimum atomic E-state index is 0.695. The molecule has 2 fully saturated rings. The lowest BCUT2D eigenvalue weighted by Crippen LogP contribution is -2.30. The van der Waals surface area contributed by atoms with Crippen LogP contribution in [0.15, 0.2) is 0 Å². The third-order valence-electron chi connectivity index (χ3n) is 7.90. The standard InChI is InChI=1S/C25H48/c1-4-6-8-10-12-22-13-15-23(16-14-22)24-17-20-25(3,21-18-24)19-11-9-7-5-2/h22-24H,4-21H2,1-3H3/t22?,23?,24-,25-. The van der Waals surface area contributed by atoms with Gasteiger partial charge in [-0.25, -0.2) is 0 Å². The maximum Gasteiger partial charge on any atom is -0.0326 e. The van der Waals surface area contributed by atoms with Crippen molar-refractivity contribution < 1.29 is 0 Å². The molecular formula is C25H48. The quantitative estimate of drug-likeness (QED) is 0.327. The van der Waals surface area contributed by atoms with E-state index in [4.69, 9.17) is 0 Å². The van der Waals surface area contributed by atoms with E-state index in [0.717, 1.165) is 17.8 Å². The summed E-state index contributed by atoms with van der Waals surface area (Å²) in [5.41, 5.74) is 0.695. The molecule has 2 saturated carbocycles. The lowest BCUT2D eigenvalue weighted by Gasteiger charge is -2.42. The van der Waals surface area contributed by atoms with E-state index >= 15 is 0 Å². The van der Waals surface area contributed by atoms with E-state index in [1.807, 2.05) is 0 Å². The van der Waals surface area contributed by atoms with Crippen LogP contribution in [0.5, 0.6) is 0 Å². The first-order chi connectivity index (χ1) is 12.2. The summed E-state index contributed by atoms with van der Waals surface area (Å²) in [5.74, 6) is 3.27. The van der Waals surface area contributed by atoms with Crippen LogP contribution in [-0.4, -0.2) is 0 Å². The molecule has 2 aliphatic rings. The highest BCUT2D eigenvalue weighted by molar-refractivity contribution is 4.86. The van der Waals surface area contributed by atoms with Gasteiger partial charge in [-0.05, 0) is 68.1 Å². The van der Waals surface area contributed by atoms with Gasteiger partial charge in [0.1, 0.15) is 0 Å². The smallest absolute Gasteiger partial charge is 0.0326 e. The van der Waals surface area contributed by atoms with E-state index in [1.54, 1.807) is 38.5 Å². The summed E-state index contributed by atoms with van der Waals surface area (Å²) in [6.45, 7) is 7.25. The van der Waals surface area contributed by atoms with Gasteiger partial charge in [-0.2, -0.15) is 0 Å². The van der Waals surface area contributed by atoms with Gasteiger partial charge in [0.15, 0.2) is 0 Å². The third-order valence-corrected chi connectivity index (χ3v) is 7.90. The van der Waals surface area contributed by atoms with Crippen LogP contribution in [0.25, 0.3) is 0 Å². The van der Waals surface area contributed by atoms with Crippen molar-refractivity contribution >= 4 is 0 Å². The fourth-order valence-corrected chi connectivity index (χ4v) is 5.85. The monoisotopic (exact) mass is 348 g/mol. The Bertz CT molecular complexity index is 315. The van der Waals surface area contributed by atoms with Gasteiger partial charge >= 0.3 is 0 Å². The summed E-state index contributed by atoms with van der Waals surface area (Å²) in [7, 11) is 0. The first-order valence-corrected chi connectivity index (χ1v) is 12.2. The molecule has 0 nitrogen and oxygen atoms in total. The second-order valence-electron chi connectivity index (χ2n) is 10.1. The fourth-order valence-electron chi connectivity index (χ4n) is 5.85. The van der Waals surface area contributed by atoms with Gasteiger partial charge in [0.25, 0.3) is 0 Å². The molecule has 2 rings (SSSR count). The Morgan fingerprint density at radius 1 is 0.640 bits per heavy atom. The van der Waals surface area contributed by atoms with Crippen molar-refractivity contribution in [1.82, 2.24) is 0 Å². The van der Waals surface area contributed by atoms with Gasteiger partial charge in [-0.1, -0.05) is 91.4 Å². The first-order valence-electron chi connectivity index (χ1n) is 12.2. The summed E-state index contributed by atoms with van der Waals surface area (Å²) >= 11 is 0. The Hall–Kier alpha value is 0. The lowest BCUT2D eigenvalue weighted by molar-refractivity contribution is 0.0949. The van der Waals surface area contributed by atoms with Crippen LogP contribution < -0.4 is 0 Å². The summed E-state index contributed by atoms with van der Waals surface area (Å²) in [6, 6.07) is 0. The van der Waals surface area contributed by atoms with Gasteiger partial charge in [0, 0.05) is 0 Å². The van der Waals surface area contributed by atoms with Crippen LogP contribution in [0.4, 0.5) is 0 Å². The van der Waals surface area contributed by atoms with Crippen molar-refractivity contribution in [3.05, 3.63) is 0 Å². The summed E-state index contributed by atoms with van der Waals surface area (Å²) in [4.78, 5) is 0. The molecule has 0 N–H and O–H groups in total. The zero-order valence-corrected chi connectivity index (χ0v) is 18.0. The molecule has 0 unspecified atom stereocenters. The molecule has 0 aromatic carbocycles. The third kappa shape index (κ3) is 7.64. The van der Waals surface area contributed by atoms with Crippen LogP contribution in [0.2, 0.25) is 0 Å². The topological polar surface area (TPSA) is 0 Å². The predicted molar refractivity (Wildman–Crippen MR) is 113 cm³/mol. The highest BCUT2D eigenvalue weighted by atomic mass is 14.4. The fraction of sp³-hybridized carbons (Fsp3) is 1.00. The molecule has 148 valence electrons. The zero-order chi connectivity index (χ0) is 18.0. The molecule has 0 heteroatoms. The number of hydrogen-bond donors (Lipinski definition) is 0.